The number of nitrogens with zero attached hydrogens (tertiary/aromatic N) is 2. The van der Waals surface area contributed by atoms with E-state index in [1.807, 2.05) is 128 Å². The molecular weight excluding hydrogens is 823 g/mol. The van der Waals surface area contributed by atoms with Gasteiger partial charge in [-0.15, -0.1) is 0 Å². The van der Waals surface area contributed by atoms with Crippen LogP contribution in [0.1, 0.15) is 94.9 Å². The highest BCUT2D eigenvalue weighted by Gasteiger charge is 3.00. The van der Waals surface area contributed by atoms with E-state index in [4.69, 9.17) is 23.9 Å². The first kappa shape index (κ1) is 44.3. The SMILES string of the molecule is CCCCn1cc([C@@]2(C(=O)OCc3ccccc3)[C@@]3(C)C(=O)C(c4ccccc4)=C(c4ccccc4)[C@]32C(=O)OCC)nc1-c1[nH]c(C(=O)OCC)c(C)c1C(=O)OCc1ccccc1. The number of allylic oxidation sites excluding steroid dienone is 1. The third-order valence-electron chi connectivity index (χ3n) is 12.8. The first-order chi connectivity index (χ1) is 31.5. The van der Waals surface area contributed by atoms with E-state index in [9.17, 15) is 9.59 Å². The van der Waals surface area contributed by atoms with Gasteiger partial charge in [0.25, 0.3) is 0 Å². The Hall–Kier alpha value is -7.34. The number of esters is 4. The summed E-state index contributed by atoms with van der Waals surface area (Å²) >= 11 is 0. The Morgan fingerprint density at radius 2 is 1.20 bits per heavy atom. The molecule has 1 N–H and O–H groups in total. The molecular formula is C53H51N3O9. The predicted octanol–water partition coefficient (Wildman–Crippen LogP) is 9.26. The fraction of sp³-hybridized carbons (Fsp3) is 0.283. The van der Waals surface area contributed by atoms with Crippen molar-refractivity contribution >= 4 is 40.8 Å². The van der Waals surface area contributed by atoms with Gasteiger partial charge in [0, 0.05) is 18.3 Å². The fourth-order valence-corrected chi connectivity index (χ4v) is 9.85. The summed E-state index contributed by atoms with van der Waals surface area (Å²) in [6, 6.07) is 36.5. The molecule has 0 aliphatic heterocycles. The maximum atomic E-state index is 15.8. The molecule has 332 valence electrons. The van der Waals surface area contributed by atoms with Gasteiger partial charge in [0.05, 0.1) is 35.6 Å². The molecule has 12 nitrogen and oxygen atoms in total. The number of ketones is 1. The average molecular weight is 874 g/mol. The molecule has 0 amide bonds. The van der Waals surface area contributed by atoms with Crippen LogP contribution in [0.25, 0.3) is 22.7 Å². The number of H-pyrrole nitrogens is 1. The fourth-order valence-electron chi connectivity index (χ4n) is 9.85. The number of hydrogen-bond acceptors (Lipinski definition) is 10. The lowest BCUT2D eigenvalue weighted by Gasteiger charge is -2.27. The summed E-state index contributed by atoms with van der Waals surface area (Å²) in [5.74, 6) is -3.34. The molecule has 8 rings (SSSR count). The van der Waals surface area contributed by atoms with Crippen LogP contribution in [0.2, 0.25) is 0 Å². The Bertz CT molecular complexity index is 2800. The number of imidazole rings is 1. The maximum Gasteiger partial charge on any atom is 0.355 e. The standard InChI is InChI=1S/C53H51N3O9/c1-6-9-30-56-31-39(54-46(56)44-40(34(4)43(55-44)48(59)62-7-2)47(58)64-32-35-22-14-10-15-23-35)52(49(60)65-33-36-24-16-11-17-25-36)51(5)45(57)41(37-26-18-12-19-27-37)42(38-28-20-13-21-29-38)53(51,52)50(61)63-8-3/h10-29,31,55H,6-9,30,32-33H2,1-5H3/t51-,52-,53+/m1/s1. The van der Waals surface area contributed by atoms with Crippen LogP contribution in [0, 0.1) is 17.8 Å². The van der Waals surface area contributed by atoms with E-state index in [0.29, 0.717) is 35.2 Å². The first-order valence-corrected chi connectivity index (χ1v) is 22.0. The third-order valence-corrected chi connectivity index (χ3v) is 12.8. The van der Waals surface area contributed by atoms with Crippen molar-refractivity contribution in [3.63, 3.8) is 0 Å². The Morgan fingerprint density at radius 1 is 0.662 bits per heavy atom. The number of fused-ring (bicyclic) bond motifs is 1. The monoisotopic (exact) mass is 873 g/mol. The van der Waals surface area contributed by atoms with Crippen LogP contribution in [0.15, 0.2) is 128 Å². The van der Waals surface area contributed by atoms with Gasteiger partial charge in [0.15, 0.2) is 11.6 Å². The summed E-state index contributed by atoms with van der Waals surface area (Å²) in [4.78, 5) is 83.0. The molecule has 3 atom stereocenters. The number of hydrogen-bond donors (Lipinski definition) is 1. The van der Waals surface area contributed by atoms with Crippen LogP contribution in [0.5, 0.6) is 0 Å². The van der Waals surface area contributed by atoms with Gasteiger partial charge in [-0.3, -0.25) is 14.4 Å². The summed E-state index contributed by atoms with van der Waals surface area (Å²) < 4.78 is 25.3. The van der Waals surface area contributed by atoms with Crippen LogP contribution in [0.4, 0.5) is 0 Å². The molecule has 4 aromatic carbocycles. The van der Waals surface area contributed by atoms with Crippen molar-refractivity contribution in [2.75, 3.05) is 13.2 Å². The second kappa shape index (κ2) is 18.0. The van der Waals surface area contributed by atoms with E-state index in [1.54, 1.807) is 38.5 Å². The summed E-state index contributed by atoms with van der Waals surface area (Å²) in [5, 5.41) is 0. The van der Waals surface area contributed by atoms with E-state index in [1.165, 1.54) is 0 Å². The molecule has 0 unspecified atom stereocenters. The maximum absolute atomic E-state index is 15.8. The van der Waals surface area contributed by atoms with Gasteiger partial charge in [-0.25, -0.2) is 14.6 Å². The summed E-state index contributed by atoms with van der Waals surface area (Å²) in [6.07, 6.45) is 3.06. The molecule has 2 aliphatic rings. The van der Waals surface area contributed by atoms with E-state index in [-0.39, 0.29) is 66.0 Å². The number of carbonyl (C=O) groups is 5. The molecule has 65 heavy (non-hydrogen) atoms. The number of aromatic amines is 1. The highest BCUT2D eigenvalue weighted by molar-refractivity contribution is 6.44. The van der Waals surface area contributed by atoms with Gasteiger partial charge in [-0.2, -0.15) is 0 Å². The molecule has 1 saturated carbocycles. The number of nitrogens with one attached hydrogen (secondary N) is 1. The van der Waals surface area contributed by atoms with E-state index >= 15 is 14.4 Å². The van der Waals surface area contributed by atoms with E-state index in [0.717, 1.165) is 12.0 Å². The van der Waals surface area contributed by atoms with Crippen molar-refractivity contribution in [2.24, 2.45) is 10.8 Å². The molecule has 0 bridgehead atoms. The van der Waals surface area contributed by atoms with Crippen molar-refractivity contribution in [1.29, 1.82) is 0 Å². The molecule has 2 aliphatic carbocycles. The lowest BCUT2D eigenvalue weighted by molar-refractivity contribution is -0.155. The van der Waals surface area contributed by atoms with Crippen molar-refractivity contribution in [3.05, 3.63) is 172 Å². The number of rotatable bonds is 17. The van der Waals surface area contributed by atoms with Crippen molar-refractivity contribution in [1.82, 2.24) is 14.5 Å². The zero-order valence-corrected chi connectivity index (χ0v) is 37.1. The Morgan fingerprint density at radius 3 is 1.77 bits per heavy atom. The lowest BCUT2D eigenvalue weighted by atomic mass is 9.76. The van der Waals surface area contributed by atoms with Crippen LogP contribution in [0.3, 0.4) is 0 Å². The topological polar surface area (TPSA) is 156 Å². The van der Waals surface area contributed by atoms with Crippen LogP contribution >= 0.6 is 0 Å². The summed E-state index contributed by atoms with van der Waals surface area (Å²) in [6.45, 7) is 8.78. The number of benzene rings is 4. The first-order valence-electron chi connectivity index (χ1n) is 22.0. The molecule has 0 radical (unpaired) electrons. The summed E-state index contributed by atoms with van der Waals surface area (Å²) in [5.41, 5.74) is -2.25. The van der Waals surface area contributed by atoms with Gasteiger partial charge in [0.2, 0.25) is 0 Å². The second-order valence-corrected chi connectivity index (χ2v) is 16.4. The largest absolute Gasteiger partial charge is 0.465 e. The number of aromatic nitrogens is 3. The van der Waals surface area contributed by atoms with Gasteiger partial charge in [-0.05, 0) is 67.5 Å². The highest BCUT2D eigenvalue weighted by atomic mass is 16.5. The highest BCUT2D eigenvalue weighted by Crippen LogP contribution is 2.88. The predicted molar refractivity (Wildman–Crippen MR) is 243 cm³/mol. The molecule has 0 saturated heterocycles. The molecule has 12 heteroatoms. The number of aryl methyl sites for hydroxylation is 1. The zero-order chi connectivity index (χ0) is 45.9. The van der Waals surface area contributed by atoms with E-state index < -0.39 is 45.9 Å². The lowest BCUT2D eigenvalue weighted by Crippen LogP contribution is -2.39. The average Bonchev–Trinajstić information content (AvgIpc) is 3.65. The Labute approximate surface area is 377 Å². The third kappa shape index (κ3) is 6.99. The van der Waals surface area contributed by atoms with Crippen LogP contribution in [-0.2, 0) is 58.5 Å². The zero-order valence-electron chi connectivity index (χ0n) is 37.1. The molecule has 2 heterocycles. The quantitative estimate of drug-likeness (QED) is 0.0693. The Balaban J connectivity index is 1.41. The Kier molecular flexibility index (Phi) is 12.3. The minimum absolute atomic E-state index is 0.0207. The number of carbonyl (C=O) groups excluding carboxylic acids is 5. The van der Waals surface area contributed by atoms with E-state index in [2.05, 4.69) is 4.98 Å². The summed E-state index contributed by atoms with van der Waals surface area (Å²) in [7, 11) is 0. The van der Waals surface area contributed by atoms with Gasteiger partial charge < -0.3 is 28.5 Å². The molecule has 2 aromatic heterocycles. The van der Waals surface area contributed by atoms with Gasteiger partial charge >= 0.3 is 23.9 Å². The number of Topliss-reactive ketones (excluding diaryl/α,β-unsaturated/α-hetero) is 1. The molecule has 6 aromatic rings. The smallest absolute Gasteiger partial charge is 0.355 e. The minimum Gasteiger partial charge on any atom is -0.465 e. The van der Waals surface area contributed by atoms with Gasteiger partial charge in [0.1, 0.15) is 29.7 Å². The van der Waals surface area contributed by atoms with Crippen molar-refractivity contribution in [3.8, 4) is 11.5 Å². The minimum atomic E-state index is -2.10. The van der Waals surface area contributed by atoms with Crippen molar-refractivity contribution < 1.29 is 42.9 Å². The number of ether oxygens (including phenoxy) is 4. The molecule has 1 fully saturated rings. The van der Waals surface area contributed by atoms with Crippen molar-refractivity contribution in [2.45, 2.75) is 72.6 Å². The van der Waals surface area contributed by atoms with Crippen LogP contribution < -0.4 is 0 Å². The normalized spacial score (nSPS) is 19.7. The second-order valence-electron chi connectivity index (χ2n) is 16.4. The van der Waals surface area contributed by atoms with Gasteiger partial charge in [-0.1, -0.05) is 135 Å². The number of unbranched alkanes of at least 4 members (excludes halogenated alkanes) is 1. The van der Waals surface area contributed by atoms with Crippen LogP contribution in [-0.4, -0.2) is 57.4 Å². The molecule has 0 spiro atoms.